The number of nitrogens with one attached hydrogen (secondary N) is 2. The molecule has 1 aliphatic rings. The summed E-state index contributed by atoms with van der Waals surface area (Å²) < 4.78 is 5.20. The monoisotopic (exact) mass is 383 g/mol. The average Bonchev–Trinajstić information content (AvgIpc) is 3.13. The topological polar surface area (TPSA) is 74.4 Å². The first-order valence-corrected chi connectivity index (χ1v) is 9.85. The fourth-order valence-electron chi connectivity index (χ4n) is 3.79. The molecule has 1 aromatic heterocycles. The largest absolute Gasteiger partial charge is 0.497 e. The predicted molar refractivity (Wildman–Crippen MR) is 110 cm³/mol. The third kappa shape index (κ3) is 4.74. The molecule has 0 unspecified atom stereocenters. The van der Waals surface area contributed by atoms with Crippen LogP contribution in [0.2, 0.25) is 0 Å². The van der Waals surface area contributed by atoms with Crippen molar-refractivity contribution in [3.63, 3.8) is 0 Å². The molecule has 1 fully saturated rings. The minimum absolute atomic E-state index is 0.0122. The molecule has 0 saturated carbocycles. The van der Waals surface area contributed by atoms with Crippen molar-refractivity contribution in [2.75, 3.05) is 25.5 Å². The van der Waals surface area contributed by atoms with Crippen molar-refractivity contribution in [1.29, 1.82) is 0 Å². The number of aryl methyl sites for hydroxylation is 2. The van der Waals surface area contributed by atoms with Gasteiger partial charge in [0.05, 0.1) is 12.7 Å². The number of aromatic nitrogens is 1. The Morgan fingerprint density at radius 3 is 2.79 bits per heavy atom. The van der Waals surface area contributed by atoms with Crippen LogP contribution in [0.1, 0.15) is 47.3 Å². The molecule has 2 heterocycles. The molecule has 2 aromatic rings. The Hall–Kier alpha value is -2.76. The van der Waals surface area contributed by atoms with Gasteiger partial charge in [0.1, 0.15) is 5.75 Å². The highest BCUT2D eigenvalue weighted by molar-refractivity contribution is 5.95. The predicted octanol–water partition coefficient (Wildman–Crippen LogP) is 3.91. The Bertz CT molecular complexity index is 843. The lowest BCUT2D eigenvalue weighted by molar-refractivity contribution is -0.116. The summed E-state index contributed by atoms with van der Waals surface area (Å²) in [5, 5.41) is 2.99. The first-order valence-electron chi connectivity index (χ1n) is 9.85. The van der Waals surface area contributed by atoms with Crippen LogP contribution in [0.4, 0.5) is 5.69 Å². The van der Waals surface area contributed by atoms with Crippen molar-refractivity contribution in [2.24, 2.45) is 5.92 Å². The zero-order chi connectivity index (χ0) is 20.1. The molecule has 150 valence electrons. The molecular weight excluding hydrogens is 354 g/mol. The summed E-state index contributed by atoms with van der Waals surface area (Å²) in [5.41, 5.74) is 3.44. The van der Waals surface area contributed by atoms with Crippen molar-refractivity contribution >= 4 is 17.5 Å². The van der Waals surface area contributed by atoms with Crippen LogP contribution in [-0.4, -0.2) is 41.9 Å². The highest BCUT2D eigenvalue weighted by Crippen LogP contribution is 2.24. The first-order chi connectivity index (χ1) is 13.5. The van der Waals surface area contributed by atoms with Gasteiger partial charge in [-0.15, -0.1) is 0 Å². The highest BCUT2D eigenvalue weighted by atomic mass is 16.5. The molecule has 0 radical (unpaired) electrons. The van der Waals surface area contributed by atoms with Crippen LogP contribution in [-0.2, 0) is 4.79 Å². The van der Waals surface area contributed by atoms with E-state index in [0.717, 1.165) is 60.6 Å². The van der Waals surface area contributed by atoms with Crippen molar-refractivity contribution in [2.45, 2.75) is 39.5 Å². The number of ether oxygens (including phenoxy) is 1. The van der Waals surface area contributed by atoms with Gasteiger partial charge >= 0.3 is 0 Å². The quantitative estimate of drug-likeness (QED) is 0.794. The molecule has 6 nitrogen and oxygen atoms in total. The molecule has 1 atom stereocenters. The number of methoxy groups -OCH3 is 1. The zero-order valence-corrected chi connectivity index (χ0v) is 16.9. The van der Waals surface area contributed by atoms with Crippen LogP contribution in [0.3, 0.4) is 0 Å². The normalized spacial score (nSPS) is 16.7. The summed E-state index contributed by atoms with van der Waals surface area (Å²) in [5.74, 6) is 1.24. The number of carbonyl (C=O) groups is 2. The van der Waals surface area contributed by atoms with Gasteiger partial charge in [-0.2, -0.15) is 0 Å². The standard InChI is InChI=1S/C22H29N3O3/c1-15-13-18(28-3)7-8-20(15)24-21(26)9-6-17-5-4-12-25(14-17)22(27)19-10-11-23-16(19)2/h7-8,10-11,13,17,23H,4-6,9,12,14H2,1-3H3,(H,24,26)/t17-/m0/s1. The molecule has 0 bridgehead atoms. The second-order valence-corrected chi connectivity index (χ2v) is 7.54. The van der Waals surface area contributed by atoms with Gasteiger partial charge in [-0.25, -0.2) is 0 Å². The van der Waals surface area contributed by atoms with Gasteiger partial charge in [-0.05, 0) is 68.9 Å². The molecule has 1 aromatic carbocycles. The maximum Gasteiger partial charge on any atom is 0.255 e. The van der Waals surface area contributed by atoms with Crippen LogP contribution < -0.4 is 10.1 Å². The number of hydrogen-bond acceptors (Lipinski definition) is 3. The number of hydrogen-bond donors (Lipinski definition) is 2. The summed E-state index contributed by atoms with van der Waals surface area (Å²) in [6.07, 6.45) is 5.09. The Labute approximate surface area is 166 Å². The Kier molecular flexibility index (Phi) is 6.39. The smallest absolute Gasteiger partial charge is 0.255 e. The molecule has 0 aliphatic carbocycles. The summed E-state index contributed by atoms with van der Waals surface area (Å²) in [6.45, 7) is 5.38. The van der Waals surface area contributed by atoms with Crippen LogP contribution in [0.15, 0.2) is 30.5 Å². The van der Waals surface area contributed by atoms with E-state index in [4.69, 9.17) is 4.74 Å². The van der Waals surface area contributed by atoms with Gasteiger partial charge in [0.15, 0.2) is 0 Å². The van der Waals surface area contributed by atoms with Crippen molar-refractivity contribution < 1.29 is 14.3 Å². The van der Waals surface area contributed by atoms with Gasteiger partial charge in [0, 0.05) is 37.1 Å². The van der Waals surface area contributed by atoms with E-state index in [-0.39, 0.29) is 11.8 Å². The van der Waals surface area contributed by atoms with E-state index < -0.39 is 0 Å². The van der Waals surface area contributed by atoms with Crippen LogP contribution >= 0.6 is 0 Å². The van der Waals surface area contributed by atoms with E-state index in [1.807, 2.05) is 43.0 Å². The van der Waals surface area contributed by atoms with Gasteiger partial charge < -0.3 is 19.9 Å². The summed E-state index contributed by atoms with van der Waals surface area (Å²) in [4.78, 5) is 30.1. The van der Waals surface area contributed by atoms with Gasteiger partial charge in [0.25, 0.3) is 5.91 Å². The second-order valence-electron chi connectivity index (χ2n) is 7.54. The lowest BCUT2D eigenvalue weighted by Crippen LogP contribution is -2.40. The van der Waals surface area contributed by atoms with E-state index in [9.17, 15) is 9.59 Å². The third-order valence-corrected chi connectivity index (χ3v) is 5.48. The van der Waals surface area contributed by atoms with Crippen molar-refractivity contribution in [3.8, 4) is 5.75 Å². The van der Waals surface area contributed by atoms with Crippen LogP contribution in [0.5, 0.6) is 5.75 Å². The number of anilines is 1. The maximum atomic E-state index is 12.7. The molecule has 6 heteroatoms. The molecule has 2 amide bonds. The van der Waals surface area contributed by atoms with Gasteiger partial charge in [-0.1, -0.05) is 0 Å². The lowest BCUT2D eigenvalue weighted by atomic mass is 9.92. The molecular formula is C22H29N3O3. The van der Waals surface area contributed by atoms with Crippen LogP contribution in [0, 0.1) is 19.8 Å². The molecule has 1 aliphatic heterocycles. The summed E-state index contributed by atoms with van der Waals surface area (Å²) in [6, 6.07) is 7.46. The van der Waals surface area contributed by atoms with E-state index in [1.165, 1.54) is 0 Å². The minimum Gasteiger partial charge on any atom is -0.497 e. The second kappa shape index (κ2) is 8.95. The fraction of sp³-hybridized carbons (Fsp3) is 0.455. The summed E-state index contributed by atoms with van der Waals surface area (Å²) >= 11 is 0. The molecule has 28 heavy (non-hydrogen) atoms. The number of rotatable bonds is 6. The number of aromatic amines is 1. The summed E-state index contributed by atoms with van der Waals surface area (Å²) in [7, 11) is 1.63. The van der Waals surface area contributed by atoms with E-state index in [1.54, 1.807) is 13.3 Å². The third-order valence-electron chi connectivity index (χ3n) is 5.48. The average molecular weight is 383 g/mol. The van der Waals surface area contributed by atoms with E-state index in [2.05, 4.69) is 10.3 Å². The Morgan fingerprint density at radius 1 is 1.29 bits per heavy atom. The number of likely N-dealkylation sites (tertiary alicyclic amines) is 1. The Morgan fingerprint density at radius 2 is 2.11 bits per heavy atom. The van der Waals surface area contributed by atoms with Crippen molar-refractivity contribution in [3.05, 3.63) is 47.3 Å². The Balaban J connectivity index is 1.51. The molecule has 2 N–H and O–H groups in total. The zero-order valence-electron chi connectivity index (χ0n) is 16.9. The van der Waals surface area contributed by atoms with Gasteiger partial charge in [-0.3, -0.25) is 9.59 Å². The van der Waals surface area contributed by atoms with E-state index in [0.29, 0.717) is 12.3 Å². The molecule has 3 rings (SSSR count). The van der Waals surface area contributed by atoms with Crippen LogP contribution in [0.25, 0.3) is 0 Å². The van der Waals surface area contributed by atoms with Gasteiger partial charge in [0.2, 0.25) is 5.91 Å². The lowest BCUT2D eigenvalue weighted by Gasteiger charge is -2.32. The minimum atomic E-state index is 0.0122. The number of benzene rings is 1. The maximum absolute atomic E-state index is 12.7. The number of piperidine rings is 1. The fourth-order valence-corrected chi connectivity index (χ4v) is 3.79. The molecule has 0 spiro atoms. The number of carbonyl (C=O) groups excluding carboxylic acids is 2. The molecule has 1 saturated heterocycles. The number of nitrogens with zero attached hydrogens (tertiary/aromatic N) is 1. The number of amides is 2. The van der Waals surface area contributed by atoms with Crippen molar-refractivity contribution in [1.82, 2.24) is 9.88 Å². The first kappa shape index (κ1) is 20.0. The number of H-pyrrole nitrogens is 1. The SMILES string of the molecule is COc1ccc(NC(=O)CC[C@@H]2CCCN(C(=O)c3cc[nH]c3C)C2)c(C)c1. The highest BCUT2D eigenvalue weighted by Gasteiger charge is 2.26. The van der Waals surface area contributed by atoms with E-state index >= 15 is 0 Å².